The van der Waals surface area contributed by atoms with Gasteiger partial charge in [-0.1, -0.05) is 77.3 Å². The monoisotopic (exact) mass is 708 g/mol. The van der Waals surface area contributed by atoms with E-state index >= 15 is 0 Å². The van der Waals surface area contributed by atoms with Crippen LogP contribution < -0.4 is 32.3 Å². The third kappa shape index (κ3) is 14.5. The van der Waals surface area contributed by atoms with Gasteiger partial charge in [0.2, 0.25) is 35.8 Å². The quantitative estimate of drug-likeness (QED) is 0.117. The molecule has 4 atom stereocenters. The van der Waals surface area contributed by atoms with E-state index in [0.717, 1.165) is 19.3 Å². The topological polar surface area (TPSA) is 215 Å². The number of carbonyl (C=O) groups excluding carboxylic acids is 7. The Kier molecular flexibility index (Phi) is 17.3. The Balaban J connectivity index is 2.14. The fourth-order valence-corrected chi connectivity index (χ4v) is 5.50. The number of halogens is 2. The number of nitrogens with one attached hydrogen (secondary N) is 5. The van der Waals surface area contributed by atoms with Crippen molar-refractivity contribution in [1.82, 2.24) is 26.6 Å². The van der Waals surface area contributed by atoms with Gasteiger partial charge in [-0.15, -0.1) is 0 Å². The number of hydrogen-bond acceptors (Lipinski definition) is 8. The van der Waals surface area contributed by atoms with Crippen LogP contribution >= 0.6 is 0 Å². The van der Waals surface area contributed by atoms with Crippen molar-refractivity contribution < 1.29 is 47.1 Å². The van der Waals surface area contributed by atoms with E-state index in [2.05, 4.69) is 21.3 Å². The first kappa shape index (κ1) is 41.5. The number of alkyl carbamates (subject to hydrolysis) is 1. The van der Waals surface area contributed by atoms with Crippen LogP contribution in [0.5, 0.6) is 0 Å². The summed E-state index contributed by atoms with van der Waals surface area (Å²) in [5.74, 6) is -6.72. The van der Waals surface area contributed by atoms with E-state index in [9.17, 15) is 42.3 Å². The average Bonchev–Trinajstić information content (AvgIpc) is 3.06. The summed E-state index contributed by atoms with van der Waals surface area (Å²) in [7, 11) is 0. The molecule has 1 aromatic rings. The molecule has 0 heterocycles. The Morgan fingerprint density at radius 2 is 1.42 bits per heavy atom. The van der Waals surface area contributed by atoms with Crippen LogP contribution in [0.25, 0.3) is 0 Å². The highest BCUT2D eigenvalue weighted by atomic mass is 19.3. The van der Waals surface area contributed by atoms with Gasteiger partial charge >= 0.3 is 6.09 Å². The van der Waals surface area contributed by atoms with Gasteiger partial charge in [-0.2, -0.15) is 0 Å². The standard InChI is InChI=1S/C34H50F2N6O8/c1-19(2)15-24(40-32(47)28(22-13-9-6-10-14-22)42-34(49)50-18-20(3)4)31(46)39-23(16-25(35)36)29(44)33(48)38-17-26(43)41-27(30(37)45)21-11-7-5-8-12-21/h5,7-8,11-12,19-20,22-25,27-28H,6,9-10,13-18H2,1-4H3,(H2,37,45)(H,38,48)(H,39,46)(H,40,47)(H,41,43)(H,42,49)/t23?,24?,27?,28-/m0/s1. The molecule has 1 aliphatic carbocycles. The van der Waals surface area contributed by atoms with Gasteiger partial charge in [0, 0.05) is 6.42 Å². The third-order valence-electron chi connectivity index (χ3n) is 7.97. The second-order valence-corrected chi connectivity index (χ2v) is 13.3. The van der Waals surface area contributed by atoms with Crippen LogP contribution in [0, 0.1) is 17.8 Å². The summed E-state index contributed by atoms with van der Waals surface area (Å²) < 4.78 is 32.3. The molecule has 0 radical (unpaired) electrons. The molecule has 0 spiro atoms. The van der Waals surface area contributed by atoms with Gasteiger partial charge in [0.15, 0.2) is 0 Å². The number of alkyl halides is 2. The molecule has 1 aliphatic rings. The Morgan fingerprint density at radius 3 is 1.98 bits per heavy atom. The summed E-state index contributed by atoms with van der Waals surface area (Å²) in [4.78, 5) is 89.6. The molecule has 50 heavy (non-hydrogen) atoms. The second-order valence-electron chi connectivity index (χ2n) is 13.3. The van der Waals surface area contributed by atoms with Gasteiger partial charge < -0.3 is 37.1 Å². The minimum Gasteiger partial charge on any atom is -0.449 e. The van der Waals surface area contributed by atoms with E-state index in [1.54, 1.807) is 44.2 Å². The molecule has 2 rings (SSSR count). The minimum absolute atomic E-state index is 0.0388. The minimum atomic E-state index is -3.11. The number of ketones is 1. The fraction of sp³-hybridized carbons (Fsp3) is 0.618. The van der Waals surface area contributed by atoms with Crippen LogP contribution in [0.15, 0.2) is 30.3 Å². The number of carbonyl (C=O) groups is 7. The molecule has 0 saturated heterocycles. The normalized spacial score (nSPS) is 15.7. The van der Waals surface area contributed by atoms with Crippen molar-refractivity contribution in [3.8, 4) is 0 Å². The number of hydrogen-bond donors (Lipinski definition) is 6. The number of ether oxygens (including phenoxy) is 1. The molecule has 0 bridgehead atoms. The zero-order valence-electron chi connectivity index (χ0n) is 29.0. The van der Waals surface area contributed by atoms with Crippen LogP contribution in [0.4, 0.5) is 13.6 Å². The van der Waals surface area contributed by atoms with Crippen LogP contribution in [0.3, 0.4) is 0 Å². The maximum Gasteiger partial charge on any atom is 0.407 e. The summed E-state index contributed by atoms with van der Waals surface area (Å²) >= 11 is 0. The molecule has 3 unspecified atom stereocenters. The van der Waals surface area contributed by atoms with Crippen molar-refractivity contribution in [3.63, 3.8) is 0 Å². The largest absolute Gasteiger partial charge is 0.449 e. The highest BCUT2D eigenvalue weighted by Gasteiger charge is 2.36. The summed E-state index contributed by atoms with van der Waals surface area (Å²) in [5.41, 5.74) is 5.75. The van der Waals surface area contributed by atoms with Crippen molar-refractivity contribution in [2.75, 3.05) is 13.2 Å². The molecule has 278 valence electrons. The molecule has 1 fully saturated rings. The number of Topliss-reactive ketones (excluding diaryl/α,β-unsaturated/α-hetero) is 1. The highest BCUT2D eigenvalue weighted by molar-refractivity contribution is 6.38. The predicted molar refractivity (Wildman–Crippen MR) is 178 cm³/mol. The van der Waals surface area contributed by atoms with E-state index in [1.807, 2.05) is 19.2 Å². The second kappa shape index (κ2) is 20.8. The van der Waals surface area contributed by atoms with Crippen LogP contribution in [0.1, 0.15) is 84.2 Å². The molecule has 0 aromatic heterocycles. The van der Waals surface area contributed by atoms with Crippen LogP contribution in [0.2, 0.25) is 0 Å². The third-order valence-corrected chi connectivity index (χ3v) is 7.97. The molecular formula is C34H50F2N6O8. The molecule has 1 aromatic carbocycles. The van der Waals surface area contributed by atoms with Crippen LogP contribution in [-0.4, -0.2) is 79.1 Å². The predicted octanol–water partition coefficient (Wildman–Crippen LogP) is 2.02. The van der Waals surface area contributed by atoms with Gasteiger partial charge in [-0.05, 0) is 42.6 Å². The smallest absolute Gasteiger partial charge is 0.407 e. The number of nitrogens with two attached hydrogens (primary N) is 1. The Hall–Kier alpha value is -4.63. The average molecular weight is 709 g/mol. The van der Waals surface area contributed by atoms with E-state index in [0.29, 0.717) is 18.4 Å². The van der Waals surface area contributed by atoms with Crippen LogP contribution in [-0.2, 0) is 33.5 Å². The zero-order chi connectivity index (χ0) is 37.4. The van der Waals surface area contributed by atoms with Crippen molar-refractivity contribution in [2.45, 2.75) is 103 Å². The SMILES string of the molecule is CC(C)COC(=O)N[C@H](C(=O)NC(CC(C)C)C(=O)NC(CC(F)F)C(=O)C(=O)NCC(=O)NC(C(N)=O)c1ccccc1)C1CCCCC1. The summed E-state index contributed by atoms with van der Waals surface area (Å²) in [6.07, 6.45) is -1.14. The zero-order valence-corrected chi connectivity index (χ0v) is 29.0. The van der Waals surface area contributed by atoms with Gasteiger partial charge in [0.05, 0.1) is 13.2 Å². The first-order chi connectivity index (χ1) is 23.6. The van der Waals surface area contributed by atoms with E-state index < -0.39 is 85.0 Å². The molecular weight excluding hydrogens is 658 g/mol. The van der Waals surface area contributed by atoms with Gasteiger partial charge in [-0.25, -0.2) is 13.6 Å². The van der Waals surface area contributed by atoms with E-state index in [1.165, 1.54) is 0 Å². The molecule has 0 aliphatic heterocycles. The van der Waals surface area contributed by atoms with Gasteiger partial charge in [0.25, 0.3) is 5.91 Å². The fourth-order valence-electron chi connectivity index (χ4n) is 5.50. The van der Waals surface area contributed by atoms with Gasteiger partial charge in [-0.3, -0.25) is 28.8 Å². The molecule has 7 N–H and O–H groups in total. The van der Waals surface area contributed by atoms with E-state index in [-0.39, 0.29) is 30.8 Å². The summed E-state index contributed by atoms with van der Waals surface area (Å²) in [6, 6.07) is 2.40. The van der Waals surface area contributed by atoms with Crippen molar-refractivity contribution in [3.05, 3.63) is 35.9 Å². The number of amides is 6. The highest BCUT2D eigenvalue weighted by Crippen LogP contribution is 2.27. The summed E-state index contributed by atoms with van der Waals surface area (Å²) in [6.45, 7) is 6.54. The summed E-state index contributed by atoms with van der Waals surface area (Å²) in [5, 5.41) is 11.7. The molecule has 14 nitrogen and oxygen atoms in total. The maximum absolute atomic E-state index is 13.6. The molecule has 16 heteroatoms. The van der Waals surface area contributed by atoms with Gasteiger partial charge in [0.1, 0.15) is 24.2 Å². The van der Waals surface area contributed by atoms with Crippen molar-refractivity contribution >= 4 is 41.4 Å². The first-order valence-electron chi connectivity index (χ1n) is 16.9. The lowest BCUT2D eigenvalue weighted by molar-refractivity contribution is -0.141. The number of primary amides is 1. The molecule has 6 amide bonds. The maximum atomic E-state index is 13.6. The van der Waals surface area contributed by atoms with Crippen molar-refractivity contribution in [2.24, 2.45) is 23.5 Å². The van der Waals surface area contributed by atoms with E-state index in [4.69, 9.17) is 10.5 Å². The lowest BCUT2D eigenvalue weighted by Gasteiger charge is -2.31. The molecule has 1 saturated carbocycles. The lowest BCUT2D eigenvalue weighted by atomic mass is 9.83. The Morgan fingerprint density at radius 1 is 0.800 bits per heavy atom. The Labute approximate surface area is 290 Å². The lowest BCUT2D eigenvalue weighted by Crippen LogP contribution is -2.58. The Bertz CT molecular complexity index is 1320. The number of benzene rings is 1. The first-order valence-corrected chi connectivity index (χ1v) is 16.9. The number of rotatable bonds is 19. The van der Waals surface area contributed by atoms with Crippen molar-refractivity contribution in [1.29, 1.82) is 0 Å².